The first-order chi connectivity index (χ1) is 7.03. The Hall–Kier alpha value is -1.03. The summed E-state index contributed by atoms with van der Waals surface area (Å²) in [7, 11) is -1.62. The molecule has 0 aliphatic carbocycles. The van der Waals surface area contributed by atoms with Gasteiger partial charge in [0.25, 0.3) is 5.52 Å². The van der Waals surface area contributed by atoms with Crippen LogP contribution in [0.25, 0.3) is 0 Å². The van der Waals surface area contributed by atoms with Crippen molar-refractivity contribution in [1.29, 1.82) is 0 Å². The smallest absolute Gasteiger partial charge is 0.306 e. The van der Waals surface area contributed by atoms with Crippen LogP contribution in [0.3, 0.4) is 0 Å². The van der Waals surface area contributed by atoms with Crippen molar-refractivity contribution >= 4 is 13.1 Å². The van der Waals surface area contributed by atoms with E-state index < -0.39 is 18.9 Å². The lowest BCUT2D eigenvalue weighted by Gasteiger charge is -2.11. The van der Waals surface area contributed by atoms with Crippen LogP contribution in [0.2, 0.25) is 0 Å². The van der Waals surface area contributed by atoms with E-state index in [0.717, 1.165) is 20.3 Å². The summed E-state index contributed by atoms with van der Waals surface area (Å²) in [6.07, 6.45) is 0. The number of hydrogen-bond donors (Lipinski definition) is 0. The molecule has 0 aliphatic rings. The van der Waals surface area contributed by atoms with E-state index in [4.69, 9.17) is 0 Å². The highest BCUT2D eigenvalue weighted by molar-refractivity contribution is 7.72. The van der Waals surface area contributed by atoms with E-state index in [0.29, 0.717) is 0 Å². The molecule has 0 saturated carbocycles. The maximum Gasteiger partial charge on any atom is 0.401 e. The molecule has 6 heteroatoms. The molecule has 0 bridgehead atoms. The topological polar surface area (TPSA) is 52.6 Å². The molecule has 15 heavy (non-hydrogen) atoms. The van der Waals surface area contributed by atoms with Gasteiger partial charge >= 0.3 is 7.60 Å². The molecule has 82 valence electrons. The fourth-order valence-corrected chi connectivity index (χ4v) is 1.96. The molecular formula is C9H10FO4P. The molecule has 0 saturated heterocycles. The summed E-state index contributed by atoms with van der Waals surface area (Å²) >= 11 is 0. The number of halogens is 1. The summed E-state index contributed by atoms with van der Waals surface area (Å²) in [5.74, 6) is -0.584. The molecule has 1 aromatic rings. The Morgan fingerprint density at radius 1 is 1.33 bits per heavy atom. The Kier molecular flexibility index (Phi) is 3.74. The molecule has 1 aromatic carbocycles. The van der Waals surface area contributed by atoms with E-state index in [2.05, 4.69) is 9.05 Å². The molecule has 0 unspecified atom stereocenters. The lowest BCUT2D eigenvalue weighted by atomic mass is 10.2. The van der Waals surface area contributed by atoms with E-state index in [1.165, 1.54) is 18.2 Å². The van der Waals surface area contributed by atoms with E-state index in [1.807, 2.05) is 0 Å². The highest BCUT2D eigenvalue weighted by Crippen LogP contribution is 2.49. The van der Waals surface area contributed by atoms with Gasteiger partial charge in [0.05, 0.1) is 0 Å². The highest BCUT2D eigenvalue weighted by atomic mass is 31.2. The first kappa shape index (κ1) is 12.0. The lowest BCUT2D eigenvalue weighted by Crippen LogP contribution is -2.04. The van der Waals surface area contributed by atoms with Gasteiger partial charge in [-0.3, -0.25) is 9.36 Å². The Balaban J connectivity index is 3.09. The zero-order valence-electron chi connectivity index (χ0n) is 8.27. The van der Waals surface area contributed by atoms with Crippen LogP contribution in [0.1, 0.15) is 10.4 Å². The molecule has 0 radical (unpaired) electrons. The standard InChI is InChI=1S/C9H10FO4P/c1-13-15(12,14-2)9(11)7-4-3-5-8(10)6-7/h3-6H,1-2H3. The molecule has 0 spiro atoms. The van der Waals surface area contributed by atoms with Crippen LogP contribution in [0.4, 0.5) is 4.39 Å². The maximum absolute atomic E-state index is 12.8. The van der Waals surface area contributed by atoms with Crippen LogP contribution in [0, 0.1) is 5.82 Å². The van der Waals surface area contributed by atoms with Crippen LogP contribution < -0.4 is 0 Å². The molecule has 1 rings (SSSR count). The lowest BCUT2D eigenvalue weighted by molar-refractivity contribution is 0.102. The van der Waals surface area contributed by atoms with Gasteiger partial charge in [-0.15, -0.1) is 0 Å². The first-order valence-corrected chi connectivity index (χ1v) is 5.59. The van der Waals surface area contributed by atoms with E-state index in [-0.39, 0.29) is 5.56 Å². The predicted molar refractivity (Wildman–Crippen MR) is 52.4 cm³/mol. The summed E-state index contributed by atoms with van der Waals surface area (Å²) in [5, 5.41) is 0. The molecule has 0 atom stereocenters. The van der Waals surface area contributed by atoms with Crippen molar-refractivity contribution in [2.45, 2.75) is 0 Å². The largest absolute Gasteiger partial charge is 0.401 e. The van der Waals surface area contributed by atoms with Gasteiger partial charge in [-0.05, 0) is 12.1 Å². The van der Waals surface area contributed by atoms with Crippen LogP contribution in [0.5, 0.6) is 0 Å². The SMILES string of the molecule is COP(=O)(OC)C(=O)c1cccc(F)c1. The van der Waals surface area contributed by atoms with E-state index in [1.54, 1.807) is 0 Å². The molecule has 0 heterocycles. The summed E-state index contributed by atoms with van der Waals surface area (Å²) in [4.78, 5) is 11.6. The highest BCUT2D eigenvalue weighted by Gasteiger charge is 2.33. The molecule has 0 amide bonds. The van der Waals surface area contributed by atoms with Gasteiger partial charge in [-0.1, -0.05) is 12.1 Å². The molecule has 0 aliphatic heterocycles. The van der Waals surface area contributed by atoms with Gasteiger partial charge in [-0.25, -0.2) is 4.39 Å². The summed E-state index contributed by atoms with van der Waals surface area (Å²) in [5.41, 5.74) is -0.894. The third-order valence-electron chi connectivity index (χ3n) is 1.80. The second kappa shape index (κ2) is 4.66. The second-order valence-electron chi connectivity index (χ2n) is 2.68. The maximum atomic E-state index is 12.8. The average molecular weight is 232 g/mol. The third kappa shape index (κ3) is 2.50. The fraction of sp³-hybridized carbons (Fsp3) is 0.222. The number of hydrogen-bond acceptors (Lipinski definition) is 4. The van der Waals surface area contributed by atoms with Crippen LogP contribution in [0.15, 0.2) is 24.3 Å². The fourth-order valence-electron chi connectivity index (χ4n) is 1.02. The molecule has 4 nitrogen and oxygen atoms in total. The van der Waals surface area contributed by atoms with Crippen molar-refractivity contribution in [2.24, 2.45) is 0 Å². The van der Waals surface area contributed by atoms with Gasteiger partial charge in [0, 0.05) is 19.8 Å². The van der Waals surface area contributed by atoms with Crippen molar-refractivity contribution < 1.29 is 22.8 Å². The summed E-state index contributed by atoms with van der Waals surface area (Å²) in [6.45, 7) is 0. The van der Waals surface area contributed by atoms with Crippen molar-refractivity contribution in [3.8, 4) is 0 Å². The Labute approximate surface area is 86.5 Å². The molecule has 0 aromatic heterocycles. The zero-order chi connectivity index (χ0) is 11.5. The van der Waals surface area contributed by atoms with Gasteiger partial charge in [-0.2, -0.15) is 0 Å². The first-order valence-electron chi connectivity index (χ1n) is 4.05. The predicted octanol–water partition coefficient (Wildman–Crippen LogP) is 2.45. The van der Waals surface area contributed by atoms with Gasteiger partial charge in [0.2, 0.25) is 0 Å². The molecule has 0 fully saturated rings. The summed E-state index contributed by atoms with van der Waals surface area (Å²) in [6, 6.07) is 4.85. The van der Waals surface area contributed by atoms with Crippen molar-refractivity contribution in [3.63, 3.8) is 0 Å². The minimum atomic E-state index is -3.82. The van der Waals surface area contributed by atoms with Crippen molar-refractivity contribution in [2.75, 3.05) is 14.2 Å². The van der Waals surface area contributed by atoms with Gasteiger partial charge in [0.1, 0.15) is 5.82 Å². The normalized spacial score (nSPS) is 11.4. The zero-order valence-corrected chi connectivity index (χ0v) is 9.16. The van der Waals surface area contributed by atoms with Crippen LogP contribution in [-0.4, -0.2) is 19.7 Å². The molecular weight excluding hydrogens is 222 g/mol. The van der Waals surface area contributed by atoms with E-state index in [9.17, 15) is 13.8 Å². The number of carbonyl (C=O) groups excluding carboxylic acids is 1. The minimum absolute atomic E-state index is 0.0398. The van der Waals surface area contributed by atoms with Gasteiger partial charge in [0.15, 0.2) is 0 Å². The second-order valence-corrected chi connectivity index (χ2v) is 4.81. The molecule has 0 N–H and O–H groups in total. The van der Waals surface area contributed by atoms with Crippen molar-refractivity contribution in [3.05, 3.63) is 35.6 Å². The number of rotatable bonds is 4. The monoisotopic (exact) mass is 232 g/mol. The quantitative estimate of drug-likeness (QED) is 0.748. The summed E-state index contributed by atoms with van der Waals surface area (Å²) < 4.78 is 33.5. The van der Waals surface area contributed by atoms with Crippen LogP contribution >= 0.6 is 7.60 Å². The number of carbonyl (C=O) groups is 1. The van der Waals surface area contributed by atoms with Crippen molar-refractivity contribution in [1.82, 2.24) is 0 Å². The van der Waals surface area contributed by atoms with Gasteiger partial charge < -0.3 is 9.05 Å². The Bertz CT molecular complexity index is 410. The Morgan fingerprint density at radius 2 is 1.93 bits per heavy atom. The van der Waals surface area contributed by atoms with E-state index >= 15 is 0 Å². The average Bonchev–Trinajstić information content (AvgIpc) is 2.27. The Morgan fingerprint density at radius 3 is 2.40 bits per heavy atom. The minimum Gasteiger partial charge on any atom is -0.306 e. The third-order valence-corrected chi connectivity index (χ3v) is 3.52. The number of benzene rings is 1. The van der Waals surface area contributed by atoms with Crippen LogP contribution in [-0.2, 0) is 13.6 Å².